The first kappa shape index (κ1) is 17.8. The second-order valence-corrected chi connectivity index (χ2v) is 6.07. The summed E-state index contributed by atoms with van der Waals surface area (Å²) < 4.78 is 13.1. The molecule has 134 valence electrons. The molecule has 4 heteroatoms. The summed E-state index contributed by atoms with van der Waals surface area (Å²) in [4.78, 5) is 12.6. The maximum Gasteiger partial charge on any atom is 0.202 e. The molecule has 0 amide bonds. The van der Waals surface area contributed by atoms with Gasteiger partial charge in [-0.1, -0.05) is 18.2 Å². The Balaban J connectivity index is 1.72. The molecule has 2 aromatic carbocycles. The molecule has 0 N–H and O–H groups in total. The number of aromatic nitrogens is 1. The average molecular weight is 349 g/mol. The Morgan fingerprint density at radius 2 is 1.54 bits per heavy atom. The van der Waals surface area contributed by atoms with Gasteiger partial charge in [0.15, 0.2) is 6.61 Å². The lowest BCUT2D eigenvalue weighted by Crippen LogP contribution is -2.12. The minimum absolute atomic E-state index is 0.00701. The van der Waals surface area contributed by atoms with Gasteiger partial charge in [0.1, 0.15) is 11.5 Å². The fourth-order valence-corrected chi connectivity index (χ4v) is 3.04. The van der Waals surface area contributed by atoms with Crippen molar-refractivity contribution in [3.8, 4) is 17.2 Å². The van der Waals surface area contributed by atoms with Crippen molar-refractivity contribution in [2.24, 2.45) is 0 Å². The van der Waals surface area contributed by atoms with E-state index in [-0.39, 0.29) is 12.4 Å². The van der Waals surface area contributed by atoms with Gasteiger partial charge >= 0.3 is 0 Å². The molecule has 3 rings (SSSR count). The van der Waals surface area contributed by atoms with Gasteiger partial charge < -0.3 is 14.0 Å². The van der Waals surface area contributed by atoms with Crippen LogP contribution >= 0.6 is 0 Å². The number of aryl methyl sites for hydroxylation is 1. The number of nitrogens with zero attached hydrogens (tertiary/aromatic N) is 1. The highest BCUT2D eigenvalue weighted by atomic mass is 16.5. The minimum Gasteiger partial charge on any atom is -0.494 e. The van der Waals surface area contributed by atoms with Gasteiger partial charge in [0.05, 0.1) is 6.61 Å². The van der Waals surface area contributed by atoms with Gasteiger partial charge in [0, 0.05) is 22.6 Å². The smallest absolute Gasteiger partial charge is 0.202 e. The molecule has 0 unspecified atom stereocenters. The molecule has 0 bridgehead atoms. The summed E-state index contributed by atoms with van der Waals surface area (Å²) in [6.07, 6.45) is 0. The van der Waals surface area contributed by atoms with Crippen molar-refractivity contribution in [3.05, 3.63) is 77.6 Å². The van der Waals surface area contributed by atoms with Crippen LogP contribution in [0.3, 0.4) is 0 Å². The molecular formula is C22H23NO3. The summed E-state index contributed by atoms with van der Waals surface area (Å²) in [6, 6.07) is 19.2. The van der Waals surface area contributed by atoms with E-state index < -0.39 is 0 Å². The topological polar surface area (TPSA) is 40.5 Å². The van der Waals surface area contributed by atoms with Gasteiger partial charge in [-0.25, -0.2) is 0 Å². The predicted molar refractivity (Wildman–Crippen MR) is 103 cm³/mol. The van der Waals surface area contributed by atoms with Crippen molar-refractivity contribution in [3.63, 3.8) is 0 Å². The lowest BCUT2D eigenvalue weighted by Gasteiger charge is -2.10. The summed E-state index contributed by atoms with van der Waals surface area (Å²) in [5, 5.41) is 0. The maximum atomic E-state index is 12.6. The highest BCUT2D eigenvalue weighted by Gasteiger charge is 2.17. The molecule has 1 aromatic heterocycles. The van der Waals surface area contributed by atoms with Gasteiger partial charge in [-0.05, 0) is 63.2 Å². The molecule has 0 atom stereocenters. The summed E-state index contributed by atoms with van der Waals surface area (Å²) in [6.45, 7) is 6.53. The molecule has 0 spiro atoms. The Labute approximate surface area is 154 Å². The van der Waals surface area contributed by atoms with Crippen LogP contribution < -0.4 is 9.47 Å². The van der Waals surface area contributed by atoms with Crippen LogP contribution in [0.4, 0.5) is 0 Å². The fourth-order valence-electron chi connectivity index (χ4n) is 3.04. The van der Waals surface area contributed by atoms with Crippen molar-refractivity contribution >= 4 is 5.78 Å². The van der Waals surface area contributed by atoms with Crippen LogP contribution in [0.25, 0.3) is 5.69 Å². The van der Waals surface area contributed by atoms with Crippen molar-refractivity contribution < 1.29 is 14.3 Å². The maximum absolute atomic E-state index is 12.6. The fraction of sp³-hybridized carbons (Fsp3) is 0.227. The number of ether oxygens (including phenoxy) is 2. The lowest BCUT2D eigenvalue weighted by atomic mass is 10.1. The summed E-state index contributed by atoms with van der Waals surface area (Å²) in [5.41, 5.74) is 3.69. The van der Waals surface area contributed by atoms with Crippen LogP contribution in [0.15, 0.2) is 60.7 Å². The van der Waals surface area contributed by atoms with Crippen LogP contribution in [0, 0.1) is 13.8 Å². The van der Waals surface area contributed by atoms with Gasteiger partial charge in [-0.2, -0.15) is 0 Å². The molecule has 0 saturated carbocycles. The van der Waals surface area contributed by atoms with Crippen LogP contribution in [-0.2, 0) is 0 Å². The van der Waals surface area contributed by atoms with Crippen LogP contribution in [0.5, 0.6) is 11.5 Å². The van der Waals surface area contributed by atoms with E-state index in [1.54, 1.807) is 0 Å². The van der Waals surface area contributed by atoms with Crippen molar-refractivity contribution in [2.75, 3.05) is 13.2 Å². The number of hydrogen-bond acceptors (Lipinski definition) is 3. The molecule has 1 heterocycles. The first-order valence-electron chi connectivity index (χ1n) is 8.73. The minimum atomic E-state index is -0.0332. The molecule has 0 aliphatic carbocycles. The van der Waals surface area contributed by atoms with Gasteiger partial charge in [-0.3, -0.25) is 4.79 Å². The summed E-state index contributed by atoms with van der Waals surface area (Å²) >= 11 is 0. The third-order valence-electron chi connectivity index (χ3n) is 4.25. The third-order valence-corrected chi connectivity index (χ3v) is 4.25. The molecule has 3 aromatic rings. The summed E-state index contributed by atoms with van der Waals surface area (Å²) in [7, 11) is 0. The van der Waals surface area contributed by atoms with E-state index in [2.05, 4.69) is 4.57 Å². The normalized spacial score (nSPS) is 10.6. The van der Waals surface area contributed by atoms with Crippen molar-refractivity contribution in [1.82, 2.24) is 4.57 Å². The van der Waals surface area contributed by atoms with E-state index in [0.717, 1.165) is 22.8 Å². The lowest BCUT2D eigenvalue weighted by molar-refractivity contribution is 0.0921. The number of rotatable bonds is 7. The molecule has 0 fully saturated rings. The Bertz CT molecular complexity index is 880. The van der Waals surface area contributed by atoms with Gasteiger partial charge in [0.25, 0.3) is 0 Å². The monoisotopic (exact) mass is 349 g/mol. The Kier molecular flexibility index (Phi) is 5.42. The summed E-state index contributed by atoms with van der Waals surface area (Å²) in [5.74, 6) is 1.41. The molecule has 0 radical (unpaired) electrons. The highest BCUT2D eigenvalue weighted by Crippen LogP contribution is 2.22. The van der Waals surface area contributed by atoms with E-state index in [9.17, 15) is 4.79 Å². The Hall–Kier alpha value is -3.01. The largest absolute Gasteiger partial charge is 0.494 e. The Morgan fingerprint density at radius 3 is 2.15 bits per heavy atom. The predicted octanol–water partition coefficient (Wildman–Crippen LogP) is 4.75. The van der Waals surface area contributed by atoms with E-state index in [1.165, 1.54) is 0 Å². The van der Waals surface area contributed by atoms with E-state index in [4.69, 9.17) is 9.47 Å². The highest BCUT2D eigenvalue weighted by molar-refractivity contribution is 5.98. The molecule has 0 saturated heterocycles. The zero-order valence-corrected chi connectivity index (χ0v) is 15.4. The number of hydrogen-bond donors (Lipinski definition) is 0. The Morgan fingerprint density at radius 1 is 0.923 bits per heavy atom. The number of ketones is 1. The molecule has 0 aliphatic heterocycles. The number of carbonyl (C=O) groups is 1. The standard InChI is InChI=1S/C22H23NO3/c1-4-25-19-10-12-20(13-11-19)26-15-22(24)21-14-16(2)23(17(21)3)18-8-6-5-7-9-18/h5-14H,4,15H2,1-3H3. The number of carbonyl (C=O) groups excluding carboxylic acids is 1. The van der Waals surface area contributed by atoms with Crippen LogP contribution in [0.2, 0.25) is 0 Å². The first-order valence-corrected chi connectivity index (χ1v) is 8.73. The number of Topliss-reactive ketones (excluding diaryl/α,β-unsaturated/α-hetero) is 1. The van der Waals surface area contributed by atoms with Gasteiger partial charge in [-0.15, -0.1) is 0 Å². The SMILES string of the molecule is CCOc1ccc(OCC(=O)c2cc(C)n(-c3ccccc3)c2C)cc1. The van der Waals surface area contributed by atoms with E-state index in [0.29, 0.717) is 17.9 Å². The third kappa shape index (κ3) is 3.80. The van der Waals surface area contributed by atoms with Crippen LogP contribution in [0.1, 0.15) is 28.7 Å². The number of benzene rings is 2. The zero-order chi connectivity index (χ0) is 18.5. The van der Waals surface area contributed by atoms with E-state index in [1.807, 2.05) is 81.4 Å². The number of para-hydroxylation sites is 1. The van der Waals surface area contributed by atoms with Crippen molar-refractivity contribution in [2.45, 2.75) is 20.8 Å². The molecule has 26 heavy (non-hydrogen) atoms. The molecule has 0 aliphatic rings. The molecule has 4 nitrogen and oxygen atoms in total. The van der Waals surface area contributed by atoms with Crippen molar-refractivity contribution in [1.29, 1.82) is 0 Å². The van der Waals surface area contributed by atoms with Gasteiger partial charge in [0.2, 0.25) is 5.78 Å². The van der Waals surface area contributed by atoms with Crippen LogP contribution in [-0.4, -0.2) is 23.6 Å². The second kappa shape index (κ2) is 7.91. The first-order chi connectivity index (χ1) is 12.6. The quantitative estimate of drug-likeness (QED) is 0.578. The molecular weight excluding hydrogens is 326 g/mol. The second-order valence-electron chi connectivity index (χ2n) is 6.07. The zero-order valence-electron chi connectivity index (χ0n) is 15.4. The average Bonchev–Trinajstić information content (AvgIpc) is 2.96. The van der Waals surface area contributed by atoms with E-state index >= 15 is 0 Å².